The highest BCUT2D eigenvalue weighted by molar-refractivity contribution is 6.31. The maximum Gasteiger partial charge on any atom is 0.280 e. The smallest absolute Gasteiger partial charge is 0.280 e. The highest BCUT2D eigenvalue weighted by Gasteiger charge is 2.19. The summed E-state index contributed by atoms with van der Waals surface area (Å²) in [7, 11) is 0. The maximum absolute atomic E-state index is 13.9. The number of aromatic nitrogens is 2. The Morgan fingerprint density at radius 2 is 1.97 bits per heavy atom. The monoisotopic (exact) mass is 477 g/mol. The lowest BCUT2D eigenvalue weighted by Gasteiger charge is -2.16. The van der Waals surface area contributed by atoms with E-state index >= 15 is 0 Å². The first kappa shape index (κ1) is 24.3. The van der Waals surface area contributed by atoms with Crippen molar-refractivity contribution in [1.82, 2.24) is 14.9 Å². The lowest BCUT2D eigenvalue weighted by molar-refractivity contribution is 0.0924. The average Bonchev–Trinajstić information content (AvgIpc) is 2.75. The second-order valence-electron chi connectivity index (χ2n) is 7.50. The Hall–Kier alpha value is -3.30. The van der Waals surface area contributed by atoms with E-state index in [0.717, 1.165) is 12.1 Å². The second-order valence-corrected chi connectivity index (χ2v) is 7.88. The first-order valence-corrected chi connectivity index (χ1v) is 10.4. The van der Waals surface area contributed by atoms with Crippen LogP contribution in [0.4, 0.5) is 8.78 Å². The molecule has 1 heterocycles. The molecule has 0 spiro atoms. The van der Waals surface area contributed by atoms with Crippen molar-refractivity contribution in [2.75, 3.05) is 6.54 Å². The lowest BCUT2D eigenvalue weighted by atomic mass is 10.1. The van der Waals surface area contributed by atoms with Gasteiger partial charge in [-0.15, -0.1) is 0 Å². The predicted molar refractivity (Wildman–Crippen MR) is 119 cm³/mol. The van der Waals surface area contributed by atoms with Crippen LogP contribution in [0.3, 0.4) is 0 Å². The third-order valence-corrected chi connectivity index (χ3v) is 5.14. The molecule has 7 nitrogen and oxygen atoms in total. The van der Waals surface area contributed by atoms with Gasteiger partial charge in [0.1, 0.15) is 24.1 Å². The van der Waals surface area contributed by atoms with Gasteiger partial charge in [-0.2, -0.15) is 4.98 Å². The number of amides is 1. The number of nitrogens with zero attached hydrogens (tertiary/aromatic N) is 2. The van der Waals surface area contributed by atoms with Crippen molar-refractivity contribution in [3.05, 3.63) is 85.9 Å². The molecule has 2 aromatic carbocycles. The molecule has 0 radical (unpaired) electrons. The van der Waals surface area contributed by atoms with E-state index in [2.05, 4.69) is 10.3 Å². The Kier molecular flexibility index (Phi) is 7.45. The second kappa shape index (κ2) is 10.1. The summed E-state index contributed by atoms with van der Waals surface area (Å²) in [5.74, 6) is -1.89. The molecule has 0 aliphatic carbocycles. The Bertz CT molecular complexity index is 1260. The number of aliphatic hydroxyl groups excluding tert-OH is 1. The summed E-state index contributed by atoms with van der Waals surface area (Å²) < 4.78 is 33.6. The van der Waals surface area contributed by atoms with Crippen molar-refractivity contribution in [3.8, 4) is 11.6 Å². The average molecular weight is 478 g/mol. The quantitative estimate of drug-likeness (QED) is 0.543. The van der Waals surface area contributed by atoms with Crippen LogP contribution in [0.5, 0.6) is 5.88 Å². The van der Waals surface area contributed by atoms with Crippen LogP contribution in [0.1, 0.15) is 34.2 Å². The molecule has 0 saturated carbocycles. The Balaban J connectivity index is 1.93. The Morgan fingerprint density at radius 3 is 2.64 bits per heavy atom. The minimum absolute atomic E-state index is 0.0721. The summed E-state index contributed by atoms with van der Waals surface area (Å²) in [6.07, 6.45) is -0.706. The van der Waals surface area contributed by atoms with Crippen molar-refractivity contribution in [2.45, 2.75) is 33.5 Å². The zero-order chi connectivity index (χ0) is 24.3. The molecular formula is C23H22ClF2N3O4. The highest BCUT2D eigenvalue weighted by Crippen LogP contribution is 2.23. The number of aryl methyl sites for hydroxylation is 2. The van der Waals surface area contributed by atoms with Gasteiger partial charge in [-0.3, -0.25) is 14.2 Å². The number of hydrogen-bond donors (Lipinski definition) is 2. The fourth-order valence-electron chi connectivity index (χ4n) is 3.08. The minimum Gasteiger partial charge on any atom is -0.471 e. The van der Waals surface area contributed by atoms with Crippen LogP contribution in [0, 0.1) is 25.5 Å². The number of halogens is 3. The molecule has 2 N–H and O–H groups in total. The molecule has 174 valence electrons. The van der Waals surface area contributed by atoms with Gasteiger partial charge < -0.3 is 15.2 Å². The zero-order valence-electron chi connectivity index (χ0n) is 18.2. The number of carbonyl (C=O) groups excluding carboxylic acids is 1. The van der Waals surface area contributed by atoms with Crippen molar-refractivity contribution in [3.63, 3.8) is 0 Å². The molecule has 33 heavy (non-hydrogen) atoms. The van der Waals surface area contributed by atoms with Gasteiger partial charge in [0, 0.05) is 23.7 Å². The van der Waals surface area contributed by atoms with E-state index in [-0.39, 0.29) is 41.0 Å². The van der Waals surface area contributed by atoms with Crippen LogP contribution in [0.2, 0.25) is 5.02 Å². The van der Waals surface area contributed by atoms with Gasteiger partial charge in [-0.1, -0.05) is 17.7 Å². The van der Waals surface area contributed by atoms with Crippen LogP contribution in [-0.4, -0.2) is 33.2 Å². The molecule has 0 aliphatic heterocycles. The topological polar surface area (TPSA) is 93.5 Å². The maximum atomic E-state index is 13.9. The van der Waals surface area contributed by atoms with Crippen molar-refractivity contribution >= 4 is 17.5 Å². The number of aliphatic hydroxyl groups is 1. The summed E-state index contributed by atoms with van der Waals surface area (Å²) >= 11 is 6.21. The number of nitrogens with one attached hydrogen (secondary N) is 1. The van der Waals surface area contributed by atoms with Crippen LogP contribution in [-0.2, 0) is 6.61 Å². The molecule has 0 saturated heterocycles. The summed E-state index contributed by atoms with van der Waals surface area (Å²) in [5, 5.41) is 11.6. The van der Waals surface area contributed by atoms with Crippen molar-refractivity contribution < 1.29 is 23.4 Å². The van der Waals surface area contributed by atoms with Crippen LogP contribution in [0.25, 0.3) is 5.69 Å². The van der Waals surface area contributed by atoms with Gasteiger partial charge in [-0.25, -0.2) is 8.78 Å². The number of carbonyl (C=O) groups is 1. The molecule has 0 bridgehead atoms. The molecule has 1 amide bonds. The van der Waals surface area contributed by atoms with E-state index in [0.29, 0.717) is 11.3 Å². The molecular weight excluding hydrogens is 456 g/mol. The normalized spacial score (nSPS) is 11.8. The molecule has 0 unspecified atom stereocenters. The number of hydrogen-bond acceptors (Lipinski definition) is 5. The summed E-state index contributed by atoms with van der Waals surface area (Å²) in [6.45, 7) is 4.64. The van der Waals surface area contributed by atoms with Crippen LogP contribution < -0.4 is 15.6 Å². The van der Waals surface area contributed by atoms with E-state index < -0.39 is 29.2 Å². The van der Waals surface area contributed by atoms with Gasteiger partial charge in [0.2, 0.25) is 5.88 Å². The highest BCUT2D eigenvalue weighted by atomic mass is 35.5. The Morgan fingerprint density at radius 1 is 1.24 bits per heavy atom. The zero-order valence-corrected chi connectivity index (χ0v) is 18.9. The van der Waals surface area contributed by atoms with Crippen LogP contribution in [0.15, 0.2) is 41.2 Å². The molecule has 1 atom stereocenters. The van der Waals surface area contributed by atoms with Crippen LogP contribution >= 0.6 is 11.6 Å². The first-order valence-electron chi connectivity index (χ1n) is 10.0. The summed E-state index contributed by atoms with van der Waals surface area (Å²) in [6, 6.07) is 7.84. The first-order chi connectivity index (χ1) is 15.6. The fourth-order valence-corrected chi connectivity index (χ4v) is 3.26. The van der Waals surface area contributed by atoms with E-state index in [9.17, 15) is 23.5 Å². The predicted octanol–water partition coefficient (Wildman–Crippen LogP) is 3.47. The minimum atomic E-state index is -0.794. The third-order valence-electron chi connectivity index (χ3n) is 4.82. The van der Waals surface area contributed by atoms with Crippen molar-refractivity contribution in [1.29, 1.82) is 0 Å². The SMILES string of the molecule is Cc1ccc(C(=O)NC[C@H](C)O)cc1-n1c(C)nc(OCc2ccc(F)cc2F)c(Cl)c1=O. The van der Waals surface area contributed by atoms with E-state index in [4.69, 9.17) is 16.3 Å². The number of ether oxygens (including phenoxy) is 1. The molecule has 0 fully saturated rings. The molecule has 3 aromatic rings. The molecule has 1 aromatic heterocycles. The van der Waals surface area contributed by atoms with E-state index in [1.807, 2.05) is 0 Å². The fraction of sp³-hybridized carbons (Fsp3) is 0.261. The van der Waals surface area contributed by atoms with Gasteiger partial charge in [0.25, 0.3) is 11.5 Å². The summed E-state index contributed by atoms with van der Waals surface area (Å²) in [4.78, 5) is 29.6. The largest absolute Gasteiger partial charge is 0.471 e. The number of rotatable bonds is 7. The van der Waals surface area contributed by atoms with Gasteiger partial charge in [0.05, 0.1) is 11.8 Å². The molecule has 0 aliphatic rings. The summed E-state index contributed by atoms with van der Waals surface area (Å²) in [5.41, 5.74) is 0.803. The molecule has 10 heteroatoms. The van der Waals surface area contributed by atoms with E-state index in [1.54, 1.807) is 32.9 Å². The Labute approximate surface area is 193 Å². The van der Waals surface area contributed by atoms with Gasteiger partial charge >= 0.3 is 0 Å². The number of benzene rings is 2. The standard InChI is InChI=1S/C23H22ClF2N3O4/c1-12-4-5-15(21(31)27-10-13(2)30)8-19(12)29-14(3)28-22(20(24)23(29)32)33-11-16-6-7-17(25)9-18(16)26/h4-9,13,30H,10-11H2,1-3H3,(H,27,31)/t13-/m0/s1. The molecule has 3 rings (SSSR count). The van der Waals surface area contributed by atoms with E-state index in [1.165, 1.54) is 16.7 Å². The lowest BCUT2D eigenvalue weighted by Crippen LogP contribution is -2.31. The van der Waals surface area contributed by atoms with Crippen molar-refractivity contribution in [2.24, 2.45) is 0 Å². The third kappa shape index (κ3) is 5.55. The van der Waals surface area contributed by atoms with Gasteiger partial charge in [-0.05, 0) is 50.6 Å². The van der Waals surface area contributed by atoms with Gasteiger partial charge in [0.15, 0.2) is 5.02 Å².